The van der Waals surface area contributed by atoms with Crippen LogP contribution in [0.3, 0.4) is 0 Å². The summed E-state index contributed by atoms with van der Waals surface area (Å²) in [4.78, 5) is 8.78. The van der Waals surface area contributed by atoms with E-state index < -0.39 is 0 Å². The van der Waals surface area contributed by atoms with Crippen LogP contribution in [0.15, 0.2) is 42.7 Å². The summed E-state index contributed by atoms with van der Waals surface area (Å²) in [5, 5.41) is -0.160. The Labute approximate surface area is 123 Å². The van der Waals surface area contributed by atoms with E-state index in [0.717, 1.165) is 29.0 Å². The number of aryl methyl sites for hydroxylation is 1. The summed E-state index contributed by atoms with van der Waals surface area (Å²) < 4.78 is 2.15. The number of aromatic nitrogens is 3. The molecule has 0 spiro atoms. The van der Waals surface area contributed by atoms with Crippen molar-refractivity contribution in [3.05, 3.63) is 54.1 Å². The molecule has 3 rings (SSSR count). The standard InChI is InChI=1S/C16H16ClN3/c1-3-12-6-4-5-7-14(12)20-15-8-9-18-10-13(15)19-16(20)11(2)17/h4-11H,3H2,1-2H3. The van der Waals surface area contributed by atoms with E-state index in [9.17, 15) is 0 Å². The largest absolute Gasteiger partial charge is 0.295 e. The fraction of sp³-hybridized carbons (Fsp3) is 0.250. The van der Waals surface area contributed by atoms with Gasteiger partial charge in [0.25, 0.3) is 0 Å². The molecule has 2 aromatic heterocycles. The highest BCUT2D eigenvalue weighted by atomic mass is 35.5. The van der Waals surface area contributed by atoms with E-state index in [0.29, 0.717) is 0 Å². The zero-order chi connectivity index (χ0) is 14.1. The maximum Gasteiger partial charge on any atom is 0.132 e. The van der Waals surface area contributed by atoms with Crippen LogP contribution in [-0.4, -0.2) is 14.5 Å². The number of halogens is 1. The lowest BCUT2D eigenvalue weighted by molar-refractivity contribution is 0.872. The van der Waals surface area contributed by atoms with Gasteiger partial charge in [-0.2, -0.15) is 0 Å². The maximum absolute atomic E-state index is 6.32. The average molecular weight is 286 g/mol. The number of alkyl halides is 1. The highest BCUT2D eigenvalue weighted by Crippen LogP contribution is 2.29. The first-order valence-electron chi connectivity index (χ1n) is 6.77. The predicted molar refractivity (Wildman–Crippen MR) is 82.5 cm³/mol. The van der Waals surface area contributed by atoms with Crippen LogP contribution in [0.25, 0.3) is 16.7 Å². The average Bonchev–Trinajstić information content (AvgIpc) is 2.86. The molecule has 0 aliphatic heterocycles. The van der Waals surface area contributed by atoms with Gasteiger partial charge in [-0.25, -0.2) is 4.98 Å². The Morgan fingerprint density at radius 1 is 1.25 bits per heavy atom. The molecule has 1 aromatic carbocycles. The highest BCUT2D eigenvalue weighted by Gasteiger charge is 2.17. The van der Waals surface area contributed by atoms with Crippen LogP contribution in [0, 0.1) is 0 Å². The Bertz CT molecular complexity index is 746. The summed E-state index contributed by atoms with van der Waals surface area (Å²) in [6.45, 7) is 4.10. The van der Waals surface area contributed by atoms with Crippen molar-refractivity contribution in [1.82, 2.24) is 14.5 Å². The molecule has 1 unspecified atom stereocenters. The van der Waals surface area contributed by atoms with Crippen molar-refractivity contribution in [1.29, 1.82) is 0 Å². The minimum atomic E-state index is -0.160. The topological polar surface area (TPSA) is 30.7 Å². The molecule has 0 bridgehead atoms. The number of imidazole rings is 1. The van der Waals surface area contributed by atoms with E-state index >= 15 is 0 Å². The van der Waals surface area contributed by atoms with Gasteiger partial charge in [-0.15, -0.1) is 11.6 Å². The molecule has 3 aromatic rings. The Balaban J connectivity index is 2.36. The van der Waals surface area contributed by atoms with Gasteiger partial charge in [-0.3, -0.25) is 9.55 Å². The molecule has 0 saturated carbocycles. The molecule has 0 amide bonds. The zero-order valence-corrected chi connectivity index (χ0v) is 12.3. The summed E-state index contributed by atoms with van der Waals surface area (Å²) in [6.07, 6.45) is 4.54. The first-order chi connectivity index (χ1) is 9.72. The lowest BCUT2D eigenvalue weighted by Gasteiger charge is -2.14. The van der Waals surface area contributed by atoms with Crippen LogP contribution in [0.1, 0.15) is 30.6 Å². The van der Waals surface area contributed by atoms with Crippen molar-refractivity contribution in [3.8, 4) is 5.69 Å². The third-order valence-corrected chi connectivity index (χ3v) is 3.65. The lowest BCUT2D eigenvalue weighted by Crippen LogP contribution is -2.04. The molecule has 0 fully saturated rings. The molecule has 4 heteroatoms. The Morgan fingerprint density at radius 3 is 2.80 bits per heavy atom. The molecule has 20 heavy (non-hydrogen) atoms. The minimum Gasteiger partial charge on any atom is -0.295 e. The summed E-state index contributed by atoms with van der Waals surface area (Å²) >= 11 is 6.32. The van der Waals surface area contributed by atoms with E-state index in [1.54, 1.807) is 12.4 Å². The van der Waals surface area contributed by atoms with Crippen molar-refractivity contribution in [2.45, 2.75) is 25.6 Å². The van der Waals surface area contributed by atoms with Crippen molar-refractivity contribution in [3.63, 3.8) is 0 Å². The lowest BCUT2D eigenvalue weighted by atomic mass is 10.1. The molecular weight excluding hydrogens is 270 g/mol. The second-order valence-corrected chi connectivity index (χ2v) is 5.42. The number of fused-ring (bicyclic) bond motifs is 1. The summed E-state index contributed by atoms with van der Waals surface area (Å²) in [5.41, 5.74) is 4.35. The van der Waals surface area contributed by atoms with Crippen LogP contribution in [0.2, 0.25) is 0 Å². The van der Waals surface area contributed by atoms with Gasteiger partial charge in [0.15, 0.2) is 0 Å². The highest BCUT2D eigenvalue weighted by molar-refractivity contribution is 6.20. The molecule has 0 saturated heterocycles. The van der Waals surface area contributed by atoms with E-state index in [2.05, 4.69) is 39.7 Å². The third-order valence-electron chi connectivity index (χ3n) is 3.45. The number of rotatable bonds is 3. The molecule has 0 aliphatic rings. The smallest absolute Gasteiger partial charge is 0.132 e. The Kier molecular flexibility index (Phi) is 3.45. The number of nitrogens with zero attached hydrogens (tertiary/aromatic N) is 3. The first kappa shape index (κ1) is 13.1. The number of pyridine rings is 1. The second-order valence-electron chi connectivity index (χ2n) is 4.77. The molecule has 0 N–H and O–H groups in total. The van der Waals surface area contributed by atoms with Gasteiger partial charge in [0.2, 0.25) is 0 Å². The summed E-state index contributed by atoms with van der Waals surface area (Å²) in [7, 11) is 0. The molecule has 0 radical (unpaired) electrons. The quantitative estimate of drug-likeness (QED) is 0.672. The van der Waals surface area contributed by atoms with E-state index in [-0.39, 0.29) is 5.38 Å². The molecule has 3 nitrogen and oxygen atoms in total. The van der Waals surface area contributed by atoms with E-state index in [4.69, 9.17) is 11.6 Å². The van der Waals surface area contributed by atoms with Gasteiger partial charge < -0.3 is 0 Å². The fourth-order valence-corrected chi connectivity index (χ4v) is 2.65. The van der Waals surface area contributed by atoms with Crippen molar-refractivity contribution >= 4 is 22.6 Å². The number of hydrogen-bond donors (Lipinski definition) is 0. The van der Waals surface area contributed by atoms with Crippen LogP contribution < -0.4 is 0 Å². The van der Waals surface area contributed by atoms with Crippen LogP contribution >= 0.6 is 11.6 Å². The zero-order valence-electron chi connectivity index (χ0n) is 11.5. The van der Waals surface area contributed by atoms with Crippen molar-refractivity contribution in [2.24, 2.45) is 0 Å². The predicted octanol–water partition coefficient (Wildman–Crippen LogP) is 4.28. The monoisotopic (exact) mass is 285 g/mol. The van der Waals surface area contributed by atoms with Crippen molar-refractivity contribution < 1.29 is 0 Å². The minimum absolute atomic E-state index is 0.160. The van der Waals surface area contributed by atoms with E-state index in [1.807, 2.05) is 19.1 Å². The van der Waals surface area contributed by atoms with Gasteiger partial charge in [-0.1, -0.05) is 25.1 Å². The molecular formula is C16H16ClN3. The third kappa shape index (κ3) is 2.08. The Morgan fingerprint density at radius 2 is 2.05 bits per heavy atom. The summed E-state index contributed by atoms with van der Waals surface area (Å²) in [5.74, 6) is 0.857. The van der Waals surface area contributed by atoms with Gasteiger partial charge >= 0.3 is 0 Å². The summed E-state index contributed by atoms with van der Waals surface area (Å²) in [6, 6.07) is 10.3. The van der Waals surface area contributed by atoms with Crippen LogP contribution in [0.5, 0.6) is 0 Å². The van der Waals surface area contributed by atoms with Crippen LogP contribution in [-0.2, 0) is 6.42 Å². The van der Waals surface area contributed by atoms with Gasteiger partial charge in [0, 0.05) is 6.20 Å². The number of benzene rings is 1. The molecule has 102 valence electrons. The SMILES string of the molecule is CCc1ccccc1-n1c(C(C)Cl)nc2cnccc21. The van der Waals surface area contributed by atoms with Crippen molar-refractivity contribution in [2.75, 3.05) is 0 Å². The Hall–Kier alpha value is -1.87. The molecule has 1 atom stereocenters. The van der Waals surface area contributed by atoms with Gasteiger partial charge in [0.1, 0.15) is 11.3 Å². The maximum atomic E-state index is 6.32. The molecule has 2 heterocycles. The number of para-hydroxylation sites is 1. The normalized spacial score (nSPS) is 12.8. The van der Waals surface area contributed by atoms with Gasteiger partial charge in [0.05, 0.1) is 22.8 Å². The first-order valence-corrected chi connectivity index (χ1v) is 7.20. The van der Waals surface area contributed by atoms with Gasteiger partial charge in [-0.05, 0) is 31.0 Å². The fourth-order valence-electron chi connectivity index (χ4n) is 2.50. The second kappa shape index (κ2) is 5.25. The van der Waals surface area contributed by atoms with E-state index in [1.165, 1.54) is 5.56 Å². The number of hydrogen-bond acceptors (Lipinski definition) is 2. The van der Waals surface area contributed by atoms with Crippen LogP contribution in [0.4, 0.5) is 0 Å². The molecule has 0 aliphatic carbocycles.